The molecule has 1 aliphatic rings. The first-order valence-corrected chi connectivity index (χ1v) is 11.2. The van der Waals surface area contributed by atoms with Gasteiger partial charge in [0.25, 0.3) is 5.91 Å². The third-order valence-electron chi connectivity index (χ3n) is 5.42. The van der Waals surface area contributed by atoms with Crippen LogP contribution in [-0.4, -0.2) is 63.5 Å². The number of fused-ring (bicyclic) bond motifs is 1. The number of rotatable bonds is 8. The van der Waals surface area contributed by atoms with Crippen LogP contribution in [0.2, 0.25) is 5.02 Å². The molecule has 0 radical (unpaired) electrons. The molecule has 0 saturated heterocycles. The van der Waals surface area contributed by atoms with Crippen LogP contribution in [-0.2, 0) is 6.54 Å². The Morgan fingerprint density at radius 1 is 1.11 bits per heavy atom. The summed E-state index contributed by atoms with van der Waals surface area (Å²) in [7, 11) is 1.51. The minimum Gasteiger partial charge on any atom is -0.421 e. The van der Waals surface area contributed by atoms with Crippen molar-refractivity contribution in [3.05, 3.63) is 64.8 Å². The van der Waals surface area contributed by atoms with E-state index in [4.69, 9.17) is 16.3 Å². The van der Waals surface area contributed by atoms with Crippen LogP contribution in [0.4, 0.5) is 19.0 Å². The monoisotopic (exact) mass is 526 g/mol. The molecular formula is C23H22ClF3N4O5. The number of para-hydroxylation sites is 2. The zero-order valence-electron chi connectivity index (χ0n) is 18.9. The lowest BCUT2D eigenvalue weighted by atomic mass is 10.2. The number of carbonyl (C=O) groups is 1. The van der Waals surface area contributed by atoms with Crippen molar-refractivity contribution in [2.75, 3.05) is 25.1 Å². The Morgan fingerprint density at radius 3 is 2.42 bits per heavy atom. The molecule has 0 bridgehead atoms. The van der Waals surface area contributed by atoms with Gasteiger partial charge in [-0.1, -0.05) is 35.9 Å². The van der Waals surface area contributed by atoms with Gasteiger partial charge in [-0.2, -0.15) is 4.98 Å². The Labute approximate surface area is 208 Å². The van der Waals surface area contributed by atoms with E-state index in [1.807, 2.05) is 0 Å². The Hall–Kier alpha value is -3.48. The molecule has 0 spiro atoms. The van der Waals surface area contributed by atoms with Crippen molar-refractivity contribution in [1.29, 1.82) is 0 Å². The molecule has 1 amide bonds. The van der Waals surface area contributed by atoms with E-state index in [1.54, 1.807) is 24.3 Å². The molecule has 0 aliphatic carbocycles. The molecule has 192 valence electrons. The molecule has 4 rings (SSSR count). The minimum absolute atomic E-state index is 0.0555. The number of benzene rings is 2. The van der Waals surface area contributed by atoms with Crippen molar-refractivity contribution in [3.63, 3.8) is 0 Å². The van der Waals surface area contributed by atoms with Gasteiger partial charge in [-0.05, 0) is 36.2 Å². The van der Waals surface area contributed by atoms with Crippen LogP contribution in [0.25, 0.3) is 0 Å². The number of halogens is 4. The fourth-order valence-corrected chi connectivity index (χ4v) is 3.86. The maximum absolute atomic E-state index is 13.4. The summed E-state index contributed by atoms with van der Waals surface area (Å²) in [5.74, 6) is -1.37. The summed E-state index contributed by atoms with van der Waals surface area (Å²) in [5, 5.41) is 20.4. The molecule has 1 aromatic heterocycles. The number of nitrogens with zero attached hydrogens (tertiary/aromatic N) is 4. The lowest BCUT2D eigenvalue weighted by Gasteiger charge is -2.38. The summed E-state index contributed by atoms with van der Waals surface area (Å²) in [5.41, 5.74) is 0.757. The fourth-order valence-electron chi connectivity index (χ4n) is 3.73. The summed E-state index contributed by atoms with van der Waals surface area (Å²) in [6.45, 7) is -0.0764. The van der Waals surface area contributed by atoms with Crippen LogP contribution in [0.1, 0.15) is 22.5 Å². The smallest absolute Gasteiger partial charge is 0.421 e. The Balaban J connectivity index is 1.80. The fraction of sp³-hybridized carbons (Fsp3) is 0.304. The average Bonchev–Trinajstić information content (AvgIpc) is 3.17. The summed E-state index contributed by atoms with van der Waals surface area (Å²) in [4.78, 5) is 20.2. The molecule has 2 aromatic carbocycles. The molecule has 2 heterocycles. The number of hydrogen-bond donors (Lipinski definition) is 2. The van der Waals surface area contributed by atoms with E-state index in [0.717, 1.165) is 11.0 Å². The molecule has 2 N–H and O–H groups in total. The van der Waals surface area contributed by atoms with Crippen molar-refractivity contribution in [1.82, 2.24) is 14.5 Å². The van der Waals surface area contributed by atoms with Crippen LogP contribution < -0.4 is 14.4 Å². The first kappa shape index (κ1) is 25.6. The standard InChI is InChI=1S/C23H22ClF3N4O5/c1-29-19-18(20(33)30(22(29)34)11-4-12-32)31(13-14-7-9-15(24)10-8-14)21(28-19)35-16-5-2-3-6-17(16)36-23(25,26)27/h2-3,5-10,22,32,34H,4,11-13H2,1H3. The summed E-state index contributed by atoms with van der Waals surface area (Å²) < 4.78 is 50.0. The number of imidazole rings is 1. The summed E-state index contributed by atoms with van der Waals surface area (Å²) in [6.07, 6.45) is -6.10. The number of anilines is 1. The van der Waals surface area contributed by atoms with E-state index in [9.17, 15) is 28.2 Å². The van der Waals surface area contributed by atoms with Crippen LogP contribution in [0.15, 0.2) is 48.5 Å². The van der Waals surface area contributed by atoms with E-state index in [0.29, 0.717) is 10.6 Å². The zero-order valence-corrected chi connectivity index (χ0v) is 19.7. The maximum atomic E-state index is 13.4. The largest absolute Gasteiger partial charge is 0.573 e. The molecule has 1 aliphatic heterocycles. The number of aliphatic hydroxyl groups excluding tert-OH is 2. The molecular weight excluding hydrogens is 505 g/mol. The van der Waals surface area contributed by atoms with E-state index < -0.39 is 24.4 Å². The Bertz CT molecular complexity index is 1240. The van der Waals surface area contributed by atoms with Gasteiger partial charge in [0.1, 0.15) is 0 Å². The average molecular weight is 527 g/mol. The second-order valence-electron chi connectivity index (χ2n) is 7.91. The van der Waals surface area contributed by atoms with Gasteiger partial charge in [-0.3, -0.25) is 14.3 Å². The van der Waals surface area contributed by atoms with Crippen LogP contribution in [0.3, 0.4) is 0 Å². The molecule has 0 fully saturated rings. The molecule has 36 heavy (non-hydrogen) atoms. The van der Waals surface area contributed by atoms with E-state index in [-0.39, 0.29) is 49.4 Å². The van der Waals surface area contributed by atoms with Crippen molar-refractivity contribution < 1.29 is 37.7 Å². The molecule has 1 atom stereocenters. The van der Waals surface area contributed by atoms with Gasteiger partial charge >= 0.3 is 12.4 Å². The lowest BCUT2D eigenvalue weighted by Crippen LogP contribution is -2.54. The highest BCUT2D eigenvalue weighted by Gasteiger charge is 2.40. The second-order valence-corrected chi connectivity index (χ2v) is 8.35. The SMILES string of the molecule is CN1c2nc(Oc3ccccc3OC(F)(F)F)n(Cc3ccc(Cl)cc3)c2C(=O)N(CCCO)C1O. The van der Waals surface area contributed by atoms with Crippen LogP contribution >= 0.6 is 11.6 Å². The first-order valence-electron chi connectivity index (χ1n) is 10.8. The Kier molecular flexibility index (Phi) is 7.29. The predicted octanol–water partition coefficient (Wildman–Crippen LogP) is 3.83. The normalized spacial score (nSPS) is 15.8. The number of ether oxygens (including phenoxy) is 2. The van der Waals surface area contributed by atoms with Crippen molar-refractivity contribution in [2.45, 2.75) is 25.7 Å². The summed E-state index contributed by atoms with van der Waals surface area (Å²) in [6, 6.07) is 11.7. The van der Waals surface area contributed by atoms with E-state index in [1.165, 1.54) is 34.7 Å². The number of alkyl halides is 3. The third-order valence-corrected chi connectivity index (χ3v) is 5.68. The molecule has 9 nitrogen and oxygen atoms in total. The quantitative estimate of drug-likeness (QED) is 0.460. The topological polar surface area (TPSA) is 100 Å². The number of hydrogen-bond acceptors (Lipinski definition) is 7. The number of amides is 1. The van der Waals surface area contributed by atoms with Crippen molar-refractivity contribution in [3.8, 4) is 17.5 Å². The Morgan fingerprint density at radius 2 is 1.78 bits per heavy atom. The van der Waals surface area contributed by atoms with Gasteiger partial charge in [-0.15, -0.1) is 13.2 Å². The van der Waals surface area contributed by atoms with Gasteiger partial charge in [0.2, 0.25) is 6.35 Å². The van der Waals surface area contributed by atoms with Gasteiger partial charge < -0.3 is 24.6 Å². The molecule has 13 heteroatoms. The minimum atomic E-state index is -4.95. The van der Waals surface area contributed by atoms with E-state index in [2.05, 4.69) is 9.72 Å². The predicted molar refractivity (Wildman–Crippen MR) is 123 cm³/mol. The second kappa shape index (κ2) is 10.2. The number of aromatic nitrogens is 2. The van der Waals surface area contributed by atoms with Gasteiger partial charge in [-0.25, -0.2) is 0 Å². The summed E-state index contributed by atoms with van der Waals surface area (Å²) >= 11 is 5.98. The maximum Gasteiger partial charge on any atom is 0.573 e. The highest BCUT2D eigenvalue weighted by atomic mass is 35.5. The lowest BCUT2D eigenvalue weighted by molar-refractivity contribution is -0.275. The molecule has 0 saturated carbocycles. The van der Waals surface area contributed by atoms with Gasteiger partial charge in [0, 0.05) is 25.2 Å². The first-order chi connectivity index (χ1) is 17.1. The molecule has 1 unspecified atom stereocenters. The third kappa shape index (κ3) is 5.35. The zero-order chi connectivity index (χ0) is 26.0. The van der Waals surface area contributed by atoms with Crippen molar-refractivity contribution in [2.24, 2.45) is 0 Å². The number of carbonyl (C=O) groups excluding carboxylic acids is 1. The van der Waals surface area contributed by atoms with Gasteiger partial charge in [0.05, 0.1) is 6.54 Å². The number of aliphatic hydroxyl groups is 2. The van der Waals surface area contributed by atoms with Crippen LogP contribution in [0.5, 0.6) is 17.5 Å². The highest BCUT2D eigenvalue weighted by molar-refractivity contribution is 6.30. The molecule has 3 aromatic rings. The van der Waals surface area contributed by atoms with Crippen LogP contribution in [0, 0.1) is 0 Å². The highest BCUT2D eigenvalue weighted by Crippen LogP contribution is 2.38. The van der Waals surface area contributed by atoms with Gasteiger partial charge in [0.15, 0.2) is 23.0 Å². The van der Waals surface area contributed by atoms with Crippen molar-refractivity contribution >= 4 is 23.3 Å². The van der Waals surface area contributed by atoms with E-state index >= 15 is 0 Å².